The van der Waals surface area contributed by atoms with Crippen molar-refractivity contribution >= 4 is 11.6 Å². The van der Waals surface area contributed by atoms with E-state index in [4.69, 9.17) is 5.73 Å². The van der Waals surface area contributed by atoms with Crippen LogP contribution >= 0.6 is 0 Å². The van der Waals surface area contributed by atoms with Crippen LogP contribution in [0.1, 0.15) is 34.7 Å². The third-order valence-corrected chi connectivity index (χ3v) is 3.39. The lowest BCUT2D eigenvalue weighted by molar-refractivity contribution is 0.0931. The largest absolute Gasteiger partial charge is 0.399 e. The lowest BCUT2D eigenvalue weighted by Gasteiger charge is -2.15. The van der Waals surface area contributed by atoms with Crippen LogP contribution in [0.15, 0.2) is 36.4 Å². The maximum atomic E-state index is 12.2. The molecular weight excluding hydrogens is 238 g/mol. The third-order valence-electron chi connectivity index (χ3n) is 3.39. The Bertz CT molecular complexity index is 584. The molecule has 0 spiro atoms. The average molecular weight is 257 g/mol. The number of nitrogens with zero attached hydrogens (tertiary/aromatic N) is 1. The zero-order valence-electron chi connectivity index (χ0n) is 11.5. The van der Waals surface area contributed by atoms with Gasteiger partial charge in [0.05, 0.1) is 6.04 Å². The summed E-state index contributed by atoms with van der Waals surface area (Å²) in [4.78, 5) is 12.2. The molecule has 4 heteroatoms. The van der Waals surface area contributed by atoms with Gasteiger partial charge < -0.3 is 15.6 Å². The molecule has 0 aliphatic rings. The number of aromatic nitrogens is 1. The van der Waals surface area contributed by atoms with Gasteiger partial charge >= 0.3 is 0 Å². The van der Waals surface area contributed by atoms with Crippen molar-refractivity contribution in [1.29, 1.82) is 0 Å². The van der Waals surface area contributed by atoms with Crippen molar-refractivity contribution < 1.29 is 4.79 Å². The molecule has 1 unspecified atom stereocenters. The van der Waals surface area contributed by atoms with Crippen molar-refractivity contribution in [3.05, 3.63) is 53.3 Å². The number of hydrogen-bond acceptors (Lipinski definition) is 2. The monoisotopic (exact) mass is 257 g/mol. The molecule has 0 radical (unpaired) electrons. The summed E-state index contributed by atoms with van der Waals surface area (Å²) < 4.78 is 1.88. The Hall–Kier alpha value is -2.23. The van der Waals surface area contributed by atoms with Gasteiger partial charge in [0.15, 0.2) is 0 Å². The third kappa shape index (κ3) is 2.78. The van der Waals surface area contributed by atoms with Crippen LogP contribution in [0.3, 0.4) is 0 Å². The number of carbonyl (C=O) groups is 1. The molecule has 0 saturated heterocycles. The van der Waals surface area contributed by atoms with Crippen LogP contribution in [0.5, 0.6) is 0 Å². The molecule has 0 aliphatic carbocycles. The fraction of sp³-hybridized carbons (Fsp3) is 0.267. The molecule has 2 aromatic rings. The number of nitrogens with one attached hydrogen (secondary N) is 1. The van der Waals surface area contributed by atoms with Gasteiger partial charge in [-0.1, -0.05) is 12.1 Å². The normalized spacial score (nSPS) is 12.2. The predicted molar refractivity (Wildman–Crippen MR) is 76.9 cm³/mol. The molecule has 19 heavy (non-hydrogen) atoms. The Labute approximate surface area is 113 Å². The van der Waals surface area contributed by atoms with E-state index in [1.807, 2.05) is 61.9 Å². The van der Waals surface area contributed by atoms with Crippen LogP contribution < -0.4 is 11.1 Å². The SMILES string of the molecule is Cc1ccc(C(=O)NC(C)c2ccc(N)cc2)n1C. The topological polar surface area (TPSA) is 60.1 Å². The molecule has 1 aromatic heterocycles. The summed E-state index contributed by atoms with van der Waals surface area (Å²) in [6, 6.07) is 11.2. The van der Waals surface area contributed by atoms with Crippen molar-refractivity contribution in [2.45, 2.75) is 19.9 Å². The average Bonchev–Trinajstić information content (AvgIpc) is 2.70. The molecule has 1 amide bonds. The highest BCUT2D eigenvalue weighted by atomic mass is 16.2. The van der Waals surface area contributed by atoms with Crippen molar-refractivity contribution in [2.75, 3.05) is 5.73 Å². The number of anilines is 1. The maximum absolute atomic E-state index is 12.2. The van der Waals surface area contributed by atoms with E-state index in [1.165, 1.54) is 0 Å². The Balaban J connectivity index is 2.10. The molecular formula is C15H19N3O. The number of hydrogen-bond donors (Lipinski definition) is 2. The first-order chi connectivity index (χ1) is 8.99. The van der Waals surface area contributed by atoms with Gasteiger partial charge in [-0.05, 0) is 43.7 Å². The summed E-state index contributed by atoms with van der Waals surface area (Å²) in [5, 5.41) is 2.99. The zero-order chi connectivity index (χ0) is 14.0. The summed E-state index contributed by atoms with van der Waals surface area (Å²) >= 11 is 0. The van der Waals surface area contributed by atoms with E-state index in [9.17, 15) is 4.79 Å². The highest BCUT2D eigenvalue weighted by molar-refractivity contribution is 5.93. The number of benzene rings is 1. The molecule has 0 bridgehead atoms. The van der Waals surface area contributed by atoms with E-state index in [2.05, 4.69) is 5.32 Å². The Morgan fingerprint density at radius 1 is 1.21 bits per heavy atom. The second kappa shape index (κ2) is 5.18. The first-order valence-corrected chi connectivity index (χ1v) is 6.27. The second-order valence-electron chi connectivity index (χ2n) is 4.78. The number of rotatable bonds is 3. The Morgan fingerprint density at radius 3 is 2.37 bits per heavy atom. The van der Waals surface area contributed by atoms with Gasteiger partial charge in [0.1, 0.15) is 5.69 Å². The lowest BCUT2D eigenvalue weighted by atomic mass is 10.1. The number of nitrogens with two attached hydrogens (primary N) is 1. The van der Waals surface area contributed by atoms with Gasteiger partial charge in [-0.2, -0.15) is 0 Å². The van der Waals surface area contributed by atoms with Gasteiger partial charge in [-0.3, -0.25) is 4.79 Å². The van der Waals surface area contributed by atoms with Crippen LogP contribution in [-0.2, 0) is 7.05 Å². The summed E-state index contributed by atoms with van der Waals surface area (Å²) in [6.07, 6.45) is 0. The van der Waals surface area contributed by atoms with Crippen molar-refractivity contribution in [3.8, 4) is 0 Å². The summed E-state index contributed by atoms with van der Waals surface area (Å²) in [5.74, 6) is -0.0695. The summed E-state index contributed by atoms with van der Waals surface area (Å²) in [6.45, 7) is 3.93. The molecule has 1 heterocycles. The van der Waals surface area contributed by atoms with Crippen LogP contribution in [0.4, 0.5) is 5.69 Å². The summed E-state index contributed by atoms with van der Waals surface area (Å²) in [5.41, 5.74) is 9.14. The zero-order valence-corrected chi connectivity index (χ0v) is 11.5. The van der Waals surface area contributed by atoms with E-state index >= 15 is 0 Å². The molecule has 0 saturated carbocycles. The standard InChI is InChI=1S/C15H19N3O/c1-10-4-9-14(18(10)3)15(19)17-11(2)12-5-7-13(16)8-6-12/h4-9,11H,16H2,1-3H3,(H,17,19). The first kappa shape index (κ1) is 13.2. The van der Waals surface area contributed by atoms with E-state index < -0.39 is 0 Å². The number of aryl methyl sites for hydroxylation is 1. The predicted octanol–water partition coefficient (Wildman–Crippen LogP) is 2.41. The Kier molecular flexibility index (Phi) is 3.60. The van der Waals surface area contributed by atoms with Crippen LogP contribution in [-0.4, -0.2) is 10.5 Å². The van der Waals surface area contributed by atoms with Crippen molar-refractivity contribution in [3.63, 3.8) is 0 Å². The van der Waals surface area contributed by atoms with E-state index in [1.54, 1.807) is 0 Å². The maximum Gasteiger partial charge on any atom is 0.268 e. The molecule has 1 aromatic carbocycles. The molecule has 4 nitrogen and oxygen atoms in total. The van der Waals surface area contributed by atoms with E-state index in [-0.39, 0.29) is 11.9 Å². The fourth-order valence-electron chi connectivity index (χ4n) is 1.98. The number of carbonyl (C=O) groups excluding carboxylic acids is 1. The van der Waals surface area contributed by atoms with Crippen LogP contribution in [0.2, 0.25) is 0 Å². The number of amides is 1. The smallest absolute Gasteiger partial charge is 0.268 e. The molecule has 100 valence electrons. The van der Waals surface area contributed by atoms with E-state index in [0.29, 0.717) is 5.69 Å². The van der Waals surface area contributed by atoms with Gasteiger partial charge in [0.25, 0.3) is 5.91 Å². The minimum Gasteiger partial charge on any atom is -0.399 e. The van der Waals surface area contributed by atoms with E-state index in [0.717, 1.165) is 16.9 Å². The van der Waals surface area contributed by atoms with Crippen molar-refractivity contribution in [1.82, 2.24) is 9.88 Å². The molecule has 0 aliphatic heterocycles. The summed E-state index contributed by atoms with van der Waals surface area (Å²) in [7, 11) is 1.89. The van der Waals surface area contributed by atoms with Gasteiger partial charge in [0, 0.05) is 18.4 Å². The van der Waals surface area contributed by atoms with Gasteiger partial charge in [0.2, 0.25) is 0 Å². The first-order valence-electron chi connectivity index (χ1n) is 6.27. The fourth-order valence-corrected chi connectivity index (χ4v) is 1.98. The van der Waals surface area contributed by atoms with Crippen LogP contribution in [0, 0.1) is 6.92 Å². The van der Waals surface area contributed by atoms with Gasteiger partial charge in [-0.25, -0.2) is 0 Å². The minimum absolute atomic E-state index is 0.0525. The molecule has 2 rings (SSSR count). The highest BCUT2D eigenvalue weighted by Crippen LogP contribution is 2.15. The van der Waals surface area contributed by atoms with Gasteiger partial charge in [-0.15, -0.1) is 0 Å². The lowest BCUT2D eigenvalue weighted by Crippen LogP contribution is -2.28. The second-order valence-corrected chi connectivity index (χ2v) is 4.78. The number of nitrogen functional groups attached to an aromatic ring is 1. The Morgan fingerprint density at radius 2 is 1.84 bits per heavy atom. The quantitative estimate of drug-likeness (QED) is 0.829. The molecule has 1 atom stereocenters. The van der Waals surface area contributed by atoms with Crippen LogP contribution in [0.25, 0.3) is 0 Å². The van der Waals surface area contributed by atoms with Crippen molar-refractivity contribution in [2.24, 2.45) is 7.05 Å². The molecule has 3 N–H and O–H groups in total. The molecule has 0 fully saturated rings. The minimum atomic E-state index is -0.0695. The highest BCUT2D eigenvalue weighted by Gasteiger charge is 2.14.